The molecule has 20 heavy (non-hydrogen) atoms. The molecule has 5 nitrogen and oxygen atoms in total. The topological polar surface area (TPSA) is 62.7 Å². The van der Waals surface area contributed by atoms with Crippen LogP contribution < -0.4 is 10.6 Å². The highest BCUT2D eigenvalue weighted by Gasteiger charge is 2.02. The molecule has 0 amide bonds. The van der Waals surface area contributed by atoms with E-state index in [0.29, 0.717) is 21.8 Å². The monoisotopic (exact) mass is 311 g/mol. The smallest absolute Gasteiger partial charge is 0.244 e. The van der Waals surface area contributed by atoms with Crippen LogP contribution in [0.25, 0.3) is 0 Å². The number of unbranched alkanes of at least 4 members (excludes halogenated alkanes) is 1. The van der Waals surface area contributed by atoms with E-state index < -0.39 is 0 Å². The number of rotatable bonds is 6. The summed E-state index contributed by atoms with van der Waals surface area (Å²) in [5, 5.41) is 15.2. The van der Waals surface area contributed by atoms with Gasteiger partial charge in [0.05, 0.1) is 6.20 Å². The summed E-state index contributed by atoms with van der Waals surface area (Å²) in [6.07, 6.45) is 3.71. The highest BCUT2D eigenvalue weighted by molar-refractivity contribution is 6.35. The number of halogens is 2. The van der Waals surface area contributed by atoms with Crippen LogP contribution in [0, 0.1) is 0 Å². The van der Waals surface area contributed by atoms with Crippen LogP contribution >= 0.6 is 23.2 Å². The van der Waals surface area contributed by atoms with Gasteiger partial charge in [0.1, 0.15) is 0 Å². The van der Waals surface area contributed by atoms with E-state index in [4.69, 9.17) is 23.2 Å². The Kier molecular flexibility index (Phi) is 5.38. The Balaban J connectivity index is 2.07. The number of anilines is 3. The van der Waals surface area contributed by atoms with Gasteiger partial charge in [-0.2, -0.15) is 10.1 Å². The minimum absolute atomic E-state index is 0.497. The Bertz CT molecular complexity index is 556. The van der Waals surface area contributed by atoms with Gasteiger partial charge in [0, 0.05) is 22.3 Å². The van der Waals surface area contributed by atoms with E-state index in [2.05, 4.69) is 32.7 Å². The maximum atomic E-state index is 5.95. The minimum atomic E-state index is 0.497. The fourth-order valence-electron chi connectivity index (χ4n) is 1.59. The molecule has 1 heterocycles. The molecule has 0 saturated heterocycles. The summed E-state index contributed by atoms with van der Waals surface area (Å²) in [6.45, 7) is 2.95. The standard InChI is InChI=1S/C13H15Cl2N5/c1-2-3-4-16-13-19-12(8-17-20-13)18-11-6-9(14)5-10(15)7-11/h5-8H,2-4H2,1H3,(H2,16,18,19,20). The quantitative estimate of drug-likeness (QED) is 0.785. The van der Waals surface area contributed by atoms with Crippen molar-refractivity contribution in [3.05, 3.63) is 34.4 Å². The van der Waals surface area contributed by atoms with Crippen molar-refractivity contribution < 1.29 is 0 Å². The molecule has 2 N–H and O–H groups in total. The van der Waals surface area contributed by atoms with Crippen LogP contribution in [0.3, 0.4) is 0 Å². The zero-order valence-electron chi connectivity index (χ0n) is 11.0. The number of nitrogens with zero attached hydrogens (tertiary/aromatic N) is 3. The van der Waals surface area contributed by atoms with Crippen molar-refractivity contribution in [2.45, 2.75) is 19.8 Å². The molecule has 0 radical (unpaired) electrons. The second kappa shape index (κ2) is 7.26. The van der Waals surface area contributed by atoms with Crippen molar-refractivity contribution in [2.75, 3.05) is 17.2 Å². The van der Waals surface area contributed by atoms with Crippen molar-refractivity contribution >= 4 is 40.7 Å². The fraction of sp³-hybridized carbons (Fsp3) is 0.308. The molecule has 7 heteroatoms. The number of hydrogen-bond donors (Lipinski definition) is 2. The summed E-state index contributed by atoms with van der Waals surface area (Å²) in [4.78, 5) is 4.32. The normalized spacial score (nSPS) is 10.3. The molecule has 106 valence electrons. The average Bonchev–Trinajstić information content (AvgIpc) is 2.38. The lowest BCUT2D eigenvalue weighted by Crippen LogP contribution is -2.07. The summed E-state index contributed by atoms with van der Waals surface area (Å²) in [5.41, 5.74) is 0.752. The first-order chi connectivity index (χ1) is 9.67. The SMILES string of the molecule is CCCCNc1nncc(Nc2cc(Cl)cc(Cl)c2)n1. The number of aromatic nitrogens is 3. The Hall–Kier alpha value is -1.59. The van der Waals surface area contributed by atoms with E-state index in [0.717, 1.165) is 25.1 Å². The van der Waals surface area contributed by atoms with Crippen LogP contribution in [0.2, 0.25) is 10.0 Å². The molecule has 0 saturated carbocycles. The number of hydrogen-bond acceptors (Lipinski definition) is 5. The van der Waals surface area contributed by atoms with Gasteiger partial charge in [0.25, 0.3) is 0 Å². The first-order valence-corrected chi connectivity index (χ1v) is 7.09. The molecule has 0 atom stereocenters. The third kappa shape index (κ3) is 4.51. The summed E-state index contributed by atoms with van der Waals surface area (Å²) in [7, 11) is 0. The van der Waals surface area contributed by atoms with E-state index >= 15 is 0 Å². The number of nitrogens with one attached hydrogen (secondary N) is 2. The zero-order valence-corrected chi connectivity index (χ0v) is 12.5. The van der Waals surface area contributed by atoms with Gasteiger partial charge in [-0.3, -0.25) is 0 Å². The lowest BCUT2D eigenvalue weighted by molar-refractivity contribution is 0.819. The van der Waals surface area contributed by atoms with Crippen LogP contribution in [0.4, 0.5) is 17.5 Å². The van der Waals surface area contributed by atoms with Crippen LogP contribution in [0.5, 0.6) is 0 Å². The lowest BCUT2D eigenvalue weighted by Gasteiger charge is -2.08. The van der Waals surface area contributed by atoms with Gasteiger partial charge in [-0.05, 0) is 24.6 Å². The first-order valence-electron chi connectivity index (χ1n) is 6.34. The van der Waals surface area contributed by atoms with E-state index in [1.54, 1.807) is 24.4 Å². The second-order valence-electron chi connectivity index (χ2n) is 4.23. The third-order valence-corrected chi connectivity index (χ3v) is 2.94. The minimum Gasteiger partial charge on any atom is -0.353 e. The van der Waals surface area contributed by atoms with E-state index in [1.807, 2.05) is 0 Å². The second-order valence-corrected chi connectivity index (χ2v) is 5.10. The molecule has 0 spiro atoms. The van der Waals surface area contributed by atoms with E-state index in [1.165, 1.54) is 0 Å². The molecule has 2 rings (SSSR count). The largest absolute Gasteiger partial charge is 0.353 e. The molecule has 0 aliphatic rings. The van der Waals surface area contributed by atoms with Crippen LogP contribution in [-0.2, 0) is 0 Å². The molecule has 0 aliphatic carbocycles. The molecule has 2 aromatic rings. The van der Waals surface area contributed by atoms with Gasteiger partial charge in [0.2, 0.25) is 5.95 Å². The fourth-order valence-corrected chi connectivity index (χ4v) is 2.12. The molecular weight excluding hydrogens is 297 g/mol. The maximum Gasteiger partial charge on any atom is 0.244 e. The van der Waals surface area contributed by atoms with Crippen molar-refractivity contribution in [1.29, 1.82) is 0 Å². The predicted octanol–water partition coefficient (Wildman–Crippen LogP) is 4.13. The van der Waals surface area contributed by atoms with Gasteiger partial charge < -0.3 is 10.6 Å². The predicted molar refractivity (Wildman–Crippen MR) is 83.0 cm³/mol. The van der Waals surface area contributed by atoms with Gasteiger partial charge in [0.15, 0.2) is 5.82 Å². The van der Waals surface area contributed by atoms with E-state index in [9.17, 15) is 0 Å². The maximum absolute atomic E-state index is 5.95. The summed E-state index contributed by atoms with van der Waals surface area (Å²) < 4.78 is 0. The Labute approximate surface area is 127 Å². The van der Waals surface area contributed by atoms with Gasteiger partial charge in [-0.1, -0.05) is 36.5 Å². The molecule has 0 unspecified atom stereocenters. The van der Waals surface area contributed by atoms with Crippen molar-refractivity contribution in [3.63, 3.8) is 0 Å². The molecular formula is C13H15Cl2N5. The molecule has 0 fully saturated rings. The Morgan fingerprint density at radius 2 is 1.90 bits per heavy atom. The molecule has 0 bridgehead atoms. The Morgan fingerprint density at radius 1 is 1.15 bits per heavy atom. The molecule has 1 aromatic carbocycles. The summed E-state index contributed by atoms with van der Waals surface area (Å²) >= 11 is 11.9. The molecule has 1 aromatic heterocycles. The van der Waals surface area contributed by atoms with Gasteiger partial charge in [-0.15, -0.1) is 5.10 Å². The Morgan fingerprint density at radius 3 is 2.60 bits per heavy atom. The van der Waals surface area contributed by atoms with Crippen LogP contribution in [-0.4, -0.2) is 21.7 Å². The summed E-state index contributed by atoms with van der Waals surface area (Å²) in [5.74, 6) is 1.08. The van der Waals surface area contributed by atoms with E-state index in [-0.39, 0.29) is 0 Å². The van der Waals surface area contributed by atoms with Crippen molar-refractivity contribution in [3.8, 4) is 0 Å². The van der Waals surface area contributed by atoms with Crippen molar-refractivity contribution in [2.24, 2.45) is 0 Å². The lowest BCUT2D eigenvalue weighted by atomic mass is 10.3. The summed E-state index contributed by atoms with van der Waals surface area (Å²) in [6, 6.07) is 5.20. The van der Waals surface area contributed by atoms with Gasteiger partial charge in [-0.25, -0.2) is 0 Å². The molecule has 0 aliphatic heterocycles. The zero-order chi connectivity index (χ0) is 14.4. The first kappa shape index (κ1) is 14.8. The number of benzene rings is 1. The highest BCUT2D eigenvalue weighted by Crippen LogP contribution is 2.24. The van der Waals surface area contributed by atoms with Gasteiger partial charge >= 0.3 is 0 Å². The van der Waals surface area contributed by atoms with Crippen molar-refractivity contribution in [1.82, 2.24) is 15.2 Å². The van der Waals surface area contributed by atoms with Crippen LogP contribution in [0.15, 0.2) is 24.4 Å². The van der Waals surface area contributed by atoms with Crippen LogP contribution in [0.1, 0.15) is 19.8 Å². The average molecular weight is 312 g/mol. The third-order valence-electron chi connectivity index (χ3n) is 2.51. The highest BCUT2D eigenvalue weighted by atomic mass is 35.5.